The number of benzene rings is 3. The molecule has 5 nitrogen and oxygen atoms in total. The Morgan fingerprint density at radius 3 is 2.50 bits per heavy atom. The molecule has 0 atom stereocenters. The highest BCUT2D eigenvalue weighted by Crippen LogP contribution is 2.22. The smallest absolute Gasteiger partial charge is 0.236 e. The molecule has 0 fully saturated rings. The van der Waals surface area contributed by atoms with Gasteiger partial charge >= 0.3 is 0 Å². The maximum absolute atomic E-state index is 13.2. The highest BCUT2D eigenvalue weighted by Gasteiger charge is 2.13. The zero-order chi connectivity index (χ0) is 21.5. The van der Waals surface area contributed by atoms with Gasteiger partial charge in [-0.2, -0.15) is 0 Å². The molecule has 0 aromatic heterocycles. The minimum Gasteiger partial charge on any atom is -0.497 e. The normalized spacial score (nSPS) is 11.0. The number of halogens is 1. The summed E-state index contributed by atoms with van der Waals surface area (Å²) >= 11 is 0. The number of amides is 1. The Balaban J connectivity index is 1.48. The lowest BCUT2D eigenvalue weighted by molar-refractivity contribution is -0.131. The van der Waals surface area contributed by atoms with E-state index in [0.717, 1.165) is 22.1 Å². The monoisotopic (exact) mass is 410 g/mol. The summed E-state index contributed by atoms with van der Waals surface area (Å²) in [5, 5.41) is 2.21. The molecule has 6 heteroatoms. The summed E-state index contributed by atoms with van der Waals surface area (Å²) in [6.07, 6.45) is 0. The fourth-order valence-electron chi connectivity index (χ4n) is 3.17. The maximum Gasteiger partial charge on any atom is 0.236 e. The molecule has 3 aromatic rings. The van der Waals surface area contributed by atoms with E-state index in [2.05, 4.69) is 6.07 Å². The zero-order valence-electron chi connectivity index (χ0n) is 17.6. The number of rotatable bonds is 9. The van der Waals surface area contributed by atoms with E-state index in [-0.39, 0.29) is 18.3 Å². The van der Waals surface area contributed by atoms with Gasteiger partial charge < -0.3 is 14.4 Å². The number of methoxy groups -OCH3 is 1. The van der Waals surface area contributed by atoms with Gasteiger partial charge in [-0.1, -0.05) is 24.3 Å². The second-order valence-electron chi connectivity index (χ2n) is 7.34. The molecule has 0 aliphatic rings. The molecule has 0 bridgehead atoms. The van der Waals surface area contributed by atoms with Gasteiger partial charge in [-0.15, -0.1) is 0 Å². The molecule has 0 unspecified atom stereocenters. The van der Waals surface area contributed by atoms with E-state index in [0.29, 0.717) is 25.4 Å². The number of hydrogen-bond donors (Lipinski definition) is 0. The predicted molar refractivity (Wildman–Crippen MR) is 116 cm³/mol. The van der Waals surface area contributed by atoms with Gasteiger partial charge in [0.1, 0.15) is 23.9 Å². The summed E-state index contributed by atoms with van der Waals surface area (Å²) in [6, 6.07) is 18.2. The van der Waals surface area contributed by atoms with E-state index in [1.807, 2.05) is 42.3 Å². The Morgan fingerprint density at radius 2 is 1.73 bits per heavy atom. The fraction of sp³-hybridized carbons (Fsp3) is 0.292. The molecule has 0 N–H and O–H groups in total. The summed E-state index contributed by atoms with van der Waals surface area (Å²) in [6.45, 7) is 1.77. The first kappa shape index (κ1) is 21.6. The first-order chi connectivity index (χ1) is 14.4. The number of likely N-dealkylation sites (N-methyl/N-ethyl adjacent to an activating group) is 2. The first-order valence-electron chi connectivity index (χ1n) is 9.82. The standard InChI is InChI=1S/C24H27FN2O3/c1-26(11-12-30-23-6-4-5-21(25)15-23)17-24(28)27(2)16-18-7-8-20-14-22(29-3)10-9-19(20)13-18/h4-10,13-15H,11-12,16-17H2,1-3H3. The Hall–Kier alpha value is -3.12. The molecule has 3 aromatic carbocycles. The third-order valence-corrected chi connectivity index (χ3v) is 4.90. The molecule has 0 aliphatic heterocycles. The number of hydrogen-bond acceptors (Lipinski definition) is 4. The van der Waals surface area contributed by atoms with Crippen LogP contribution in [0, 0.1) is 5.82 Å². The summed E-state index contributed by atoms with van der Waals surface area (Å²) in [7, 11) is 5.32. The zero-order valence-corrected chi connectivity index (χ0v) is 17.6. The van der Waals surface area contributed by atoms with Crippen molar-refractivity contribution in [2.45, 2.75) is 6.54 Å². The summed E-state index contributed by atoms with van der Waals surface area (Å²) < 4.78 is 24.0. The molecular formula is C24H27FN2O3. The molecule has 158 valence electrons. The summed E-state index contributed by atoms with van der Waals surface area (Å²) in [5.41, 5.74) is 1.07. The van der Waals surface area contributed by atoms with Crippen molar-refractivity contribution in [3.05, 3.63) is 72.0 Å². The SMILES string of the molecule is COc1ccc2cc(CN(C)C(=O)CN(C)CCOc3cccc(F)c3)ccc2c1. The molecule has 1 amide bonds. The maximum atomic E-state index is 13.2. The van der Waals surface area contributed by atoms with E-state index in [1.54, 1.807) is 31.2 Å². The van der Waals surface area contributed by atoms with Crippen LogP contribution in [-0.4, -0.2) is 56.6 Å². The van der Waals surface area contributed by atoms with Crippen molar-refractivity contribution in [2.75, 3.05) is 40.9 Å². The van der Waals surface area contributed by atoms with Gasteiger partial charge in [-0.05, 0) is 53.7 Å². The average molecular weight is 410 g/mol. The topological polar surface area (TPSA) is 42.0 Å². The number of fused-ring (bicyclic) bond motifs is 1. The lowest BCUT2D eigenvalue weighted by Crippen LogP contribution is -2.37. The van der Waals surface area contributed by atoms with Crippen LogP contribution >= 0.6 is 0 Å². The molecular weight excluding hydrogens is 383 g/mol. The van der Waals surface area contributed by atoms with Crippen LogP contribution in [0.15, 0.2) is 60.7 Å². The molecule has 0 heterocycles. The van der Waals surface area contributed by atoms with Crippen LogP contribution in [0.3, 0.4) is 0 Å². The Labute approximate surface area is 176 Å². The largest absolute Gasteiger partial charge is 0.497 e. The van der Waals surface area contributed by atoms with Crippen LogP contribution in [0.5, 0.6) is 11.5 Å². The van der Waals surface area contributed by atoms with Crippen molar-refractivity contribution in [2.24, 2.45) is 0 Å². The van der Waals surface area contributed by atoms with Gasteiger partial charge in [0.05, 0.1) is 13.7 Å². The van der Waals surface area contributed by atoms with Crippen LogP contribution in [0.2, 0.25) is 0 Å². The van der Waals surface area contributed by atoms with Crippen LogP contribution in [0.25, 0.3) is 10.8 Å². The second kappa shape index (κ2) is 10.1. The van der Waals surface area contributed by atoms with Gasteiger partial charge in [0.15, 0.2) is 0 Å². The van der Waals surface area contributed by atoms with Crippen molar-refractivity contribution in [1.82, 2.24) is 9.80 Å². The highest BCUT2D eigenvalue weighted by atomic mass is 19.1. The molecule has 3 rings (SSSR count). The van der Waals surface area contributed by atoms with E-state index >= 15 is 0 Å². The lowest BCUT2D eigenvalue weighted by Gasteiger charge is -2.22. The van der Waals surface area contributed by atoms with Crippen molar-refractivity contribution in [1.29, 1.82) is 0 Å². The molecule has 0 saturated carbocycles. The third kappa shape index (κ3) is 5.94. The van der Waals surface area contributed by atoms with Gasteiger partial charge in [0.2, 0.25) is 5.91 Å². The Kier molecular flexibility index (Phi) is 7.25. The minimum absolute atomic E-state index is 0.0260. The summed E-state index contributed by atoms with van der Waals surface area (Å²) in [4.78, 5) is 16.2. The molecule has 0 spiro atoms. The molecule has 30 heavy (non-hydrogen) atoms. The van der Waals surface area contributed by atoms with Crippen LogP contribution in [-0.2, 0) is 11.3 Å². The van der Waals surface area contributed by atoms with E-state index in [9.17, 15) is 9.18 Å². The molecule has 0 saturated heterocycles. The van der Waals surface area contributed by atoms with Crippen molar-refractivity contribution >= 4 is 16.7 Å². The second-order valence-corrected chi connectivity index (χ2v) is 7.34. The Morgan fingerprint density at radius 1 is 0.967 bits per heavy atom. The average Bonchev–Trinajstić information content (AvgIpc) is 2.73. The molecule has 0 radical (unpaired) electrons. The van der Waals surface area contributed by atoms with E-state index < -0.39 is 0 Å². The summed E-state index contributed by atoms with van der Waals surface area (Å²) in [5.74, 6) is 1.01. The predicted octanol–water partition coefficient (Wildman–Crippen LogP) is 3.96. The van der Waals surface area contributed by atoms with Crippen molar-refractivity contribution in [3.63, 3.8) is 0 Å². The third-order valence-electron chi connectivity index (χ3n) is 4.90. The number of carbonyl (C=O) groups excluding carboxylic acids is 1. The first-order valence-corrected chi connectivity index (χ1v) is 9.82. The number of ether oxygens (including phenoxy) is 2. The van der Waals surface area contributed by atoms with Gasteiger partial charge in [-0.3, -0.25) is 9.69 Å². The van der Waals surface area contributed by atoms with Crippen LogP contribution < -0.4 is 9.47 Å². The van der Waals surface area contributed by atoms with E-state index in [4.69, 9.17) is 9.47 Å². The fourth-order valence-corrected chi connectivity index (χ4v) is 3.17. The van der Waals surface area contributed by atoms with Crippen molar-refractivity contribution < 1.29 is 18.7 Å². The van der Waals surface area contributed by atoms with Crippen LogP contribution in [0.1, 0.15) is 5.56 Å². The van der Waals surface area contributed by atoms with E-state index in [1.165, 1.54) is 12.1 Å². The van der Waals surface area contributed by atoms with Gasteiger partial charge in [-0.25, -0.2) is 4.39 Å². The number of nitrogens with zero attached hydrogens (tertiary/aromatic N) is 2. The molecule has 0 aliphatic carbocycles. The van der Waals surface area contributed by atoms with Gasteiger partial charge in [0.25, 0.3) is 0 Å². The van der Waals surface area contributed by atoms with Gasteiger partial charge in [0, 0.05) is 26.2 Å². The highest BCUT2D eigenvalue weighted by molar-refractivity contribution is 5.84. The quantitative estimate of drug-likeness (QED) is 0.536. The van der Waals surface area contributed by atoms with Crippen molar-refractivity contribution in [3.8, 4) is 11.5 Å². The Bertz CT molecular complexity index is 1010. The minimum atomic E-state index is -0.328. The van der Waals surface area contributed by atoms with Crippen LogP contribution in [0.4, 0.5) is 4.39 Å². The lowest BCUT2D eigenvalue weighted by atomic mass is 10.1. The number of carbonyl (C=O) groups is 1.